The number of aromatic nitrogens is 3. The molecule has 3 rings (SSSR count). The van der Waals surface area contributed by atoms with E-state index in [1.165, 1.54) is 0 Å². The van der Waals surface area contributed by atoms with Crippen LogP contribution in [0, 0.1) is 6.92 Å². The number of amides is 1. The van der Waals surface area contributed by atoms with Gasteiger partial charge in [0, 0.05) is 44.8 Å². The highest BCUT2D eigenvalue weighted by Crippen LogP contribution is 2.14. The molecule has 1 aliphatic heterocycles. The Hall–Kier alpha value is -2.37. The maximum absolute atomic E-state index is 12.2. The first-order valence-corrected chi connectivity index (χ1v) is 6.71. The Morgan fingerprint density at radius 2 is 2.05 bits per heavy atom. The Morgan fingerprint density at radius 1 is 1.25 bits per heavy atom. The van der Waals surface area contributed by atoms with Gasteiger partial charge < -0.3 is 14.8 Å². The molecule has 0 saturated carbocycles. The highest BCUT2D eigenvalue weighted by Gasteiger charge is 2.22. The van der Waals surface area contributed by atoms with Crippen LogP contribution in [0.5, 0.6) is 0 Å². The monoisotopic (exact) mass is 271 g/mol. The van der Waals surface area contributed by atoms with Crippen molar-refractivity contribution in [1.29, 1.82) is 0 Å². The number of rotatable bonds is 2. The molecule has 0 unspecified atom stereocenters. The van der Waals surface area contributed by atoms with Gasteiger partial charge in [-0.15, -0.1) is 0 Å². The predicted octanol–water partition coefficient (Wildman–Crippen LogP) is 1.08. The van der Waals surface area contributed by atoms with Crippen molar-refractivity contribution in [3.05, 3.63) is 42.1 Å². The van der Waals surface area contributed by atoms with Crippen LogP contribution in [0.3, 0.4) is 0 Å². The van der Waals surface area contributed by atoms with Gasteiger partial charge in [0.25, 0.3) is 5.91 Å². The fourth-order valence-electron chi connectivity index (χ4n) is 2.40. The van der Waals surface area contributed by atoms with Crippen LogP contribution >= 0.6 is 0 Å². The Morgan fingerprint density at radius 3 is 2.70 bits per heavy atom. The first kappa shape index (κ1) is 12.7. The molecule has 2 aromatic heterocycles. The highest BCUT2D eigenvalue weighted by atomic mass is 16.2. The second-order valence-corrected chi connectivity index (χ2v) is 4.84. The van der Waals surface area contributed by atoms with Crippen molar-refractivity contribution in [3.63, 3.8) is 0 Å². The maximum atomic E-state index is 12.2. The summed E-state index contributed by atoms with van der Waals surface area (Å²) < 4.78 is 0. The largest absolute Gasteiger partial charge is 0.367 e. The average molecular weight is 271 g/mol. The van der Waals surface area contributed by atoms with Crippen molar-refractivity contribution in [2.75, 3.05) is 31.1 Å². The van der Waals surface area contributed by atoms with Crippen LogP contribution in [0.25, 0.3) is 0 Å². The van der Waals surface area contributed by atoms with Crippen molar-refractivity contribution in [2.24, 2.45) is 0 Å². The Balaban J connectivity index is 1.64. The normalized spacial score (nSPS) is 15.4. The van der Waals surface area contributed by atoms with Gasteiger partial charge in [-0.1, -0.05) is 0 Å². The van der Waals surface area contributed by atoms with Crippen LogP contribution in [0.1, 0.15) is 16.2 Å². The van der Waals surface area contributed by atoms with Crippen molar-refractivity contribution in [1.82, 2.24) is 19.9 Å². The summed E-state index contributed by atoms with van der Waals surface area (Å²) in [7, 11) is 0. The maximum Gasteiger partial charge on any atom is 0.255 e. The molecule has 1 fully saturated rings. The fourth-order valence-corrected chi connectivity index (χ4v) is 2.40. The predicted molar refractivity (Wildman–Crippen MR) is 75.7 cm³/mol. The summed E-state index contributed by atoms with van der Waals surface area (Å²) in [6.07, 6.45) is 5.28. The lowest BCUT2D eigenvalue weighted by Gasteiger charge is -2.35. The van der Waals surface area contributed by atoms with Crippen molar-refractivity contribution < 1.29 is 4.79 Å². The quantitative estimate of drug-likeness (QED) is 0.887. The molecule has 0 aliphatic carbocycles. The standard InChI is InChI=1S/C14H17N5O/c1-11-16-5-3-13(17-11)18-6-8-19(9-7-18)14(20)12-2-4-15-10-12/h2-5,10,15H,6-9H2,1H3. The number of nitrogens with zero attached hydrogens (tertiary/aromatic N) is 4. The second-order valence-electron chi connectivity index (χ2n) is 4.84. The van der Waals surface area contributed by atoms with E-state index < -0.39 is 0 Å². The number of anilines is 1. The minimum Gasteiger partial charge on any atom is -0.367 e. The topological polar surface area (TPSA) is 65.1 Å². The van der Waals surface area contributed by atoms with Gasteiger partial charge in [-0.25, -0.2) is 9.97 Å². The van der Waals surface area contributed by atoms with Crippen molar-refractivity contribution in [2.45, 2.75) is 6.92 Å². The molecule has 1 N–H and O–H groups in total. The van der Waals surface area contributed by atoms with Gasteiger partial charge in [0.1, 0.15) is 11.6 Å². The smallest absolute Gasteiger partial charge is 0.255 e. The molecule has 3 heterocycles. The first-order chi connectivity index (χ1) is 9.74. The lowest BCUT2D eigenvalue weighted by Crippen LogP contribution is -2.49. The van der Waals surface area contributed by atoms with Crippen molar-refractivity contribution in [3.8, 4) is 0 Å². The summed E-state index contributed by atoms with van der Waals surface area (Å²) in [4.78, 5) is 27.7. The van der Waals surface area contributed by atoms with Crippen LogP contribution in [-0.2, 0) is 0 Å². The number of aryl methyl sites for hydroxylation is 1. The number of hydrogen-bond acceptors (Lipinski definition) is 4. The Bertz CT molecular complexity index is 587. The van der Waals surface area contributed by atoms with Crippen LogP contribution in [0.15, 0.2) is 30.7 Å². The third-order valence-electron chi connectivity index (χ3n) is 3.50. The van der Waals surface area contributed by atoms with E-state index in [1.807, 2.05) is 24.0 Å². The molecule has 0 spiro atoms. The van der Waals surface area contributed by atoms with E-state index in [2.05, 4.69) is 19.9 Å². The summed E-state index contributed by atoms with van der Waals surface area (Å²) >= 11 is 0. The number of aromatic amines is 1. The lowest BCUT2D eigenvalue weighted by molar-refractivity contribution is 0.0746. The van der Waals surface area contributed by atoms with E-state index in [9.17, 15) is 4.79 Å². The van der Waals surface area contributed by atoms with Crippen LogP contribution in [0.2, 0.25) is 0 Å². The minimum absolute atomic E-state index is 0.0877. The fraction of sp³-hybridized carbons (Fsp3) is 0.357. The lowest BCUT2D eigenvalue weighted by atomic mass is 10.2. The summed E-state index contributed by atoms with van der Waals surface area (Å²) in [5.41, 5.74) is 0.719. The number of nitrogens with one attached hydrogen (secondary N) is 1. The van der Waals surface area contributed by atoms with E-state index in [0.29, 0.717) is 13.1 Å². The van der Waals surface area contributed by atoms with Gasteiger partial charge in [0.2, 0.25) is 0 Å². The summed E-state index contributed by atoms with van der Waals surface area (Å²) in [6, 6.07) is 3.72. The van der Waals surface area contributed by atoms with Gasteiger partial charge in [0.05, 0.1) is 5.56 Å². The number of H-pyrrole nitrogens is 1. The zero-order valence-electron chi connectivity index (χ0n) is 11.4. The molecule has 20 heavy (non-hydrogen) atoms. The zero-order chi connectivity index (χ0) is 13.9. The Kier molecular flexibility index (Phi) is 3.37. The summed E-state index contributed by atoms with van der Waals surface area (Å²) in [6.45, 7) is 4.91. The third kappa shape index (κ3) is 2.49. The van der Waals surface area contributed by atoms with E-state index in [-0.39, 0.29) is 5.91 Å². The molecule has 1 saturated heterocycles. The second kappa shape index (κ2) is 5.32. The molecular weight excluding hydrogens is 254 g/mol. The molecule has 1 aliphatic rings. The Labute approximate surface area is 117 Å². The van der Waals surface area contributed by atoms with Gasteiger partial charge in [-0.2, -0.15) is 0 Å². The van der Waals surface area contributed by atoms with Crippen LogP contribution in [-0.4, -0.2) is 51.9 Å². The third-order valence-corrected chi connectivity index (χ3v) is 3.50. The number of hydrogen-bond donors (Lipinski definition) is 1. The summed E-state index contributed by atoms with van der Waals surface area (Å²) in [5, 5.41) is 0. The molecule has 0 aromatic carbocycles. The summed E-state index contributed by atoms with van der Waals surface area (Å²) in [5.74, 6) is 1.80. The molecular formula is C14H17N5O. The molecule has 0 atom stereocenters. The molecule has 104 valence electrons. The highest BCUT2D eigenvalue weighted by molar-refractivity contribution is 5.94. The van der Waals surface area contributed by atoms with E-state index in [0.717, 1.165) is 30.3 Å². The van der Waals surface area contributed by atoms with E-state index in [1.54, 1.807) is 18.6 Å². The molecule has 0 bridgehead atoms. The average Bonchev–Trinajstić information content (AvgIpc) is 3.01. The van der Waals surface area contributed by atoms with E-state index >= 15 is 0 Å². The molecule has 1 amide bonds. The molecule has 0 radical (unpaired) electrons. The van der Waals surface area contributed by atoms with Gasteiger partial charge in [-0.05, 0) is 19.1 Å². The van der Waals surface area contributed by atoms with Crippen molar-refractivity contribution >= 4 is 11.7 Å². The first-order valence-electron chi connectivity index (χ1n) is 6.71. The molecule has 6 heteroatoms. The van der Waals surface area contributed by atoms with Gasteiger partial charge in [-0.3, -0.25) is 4.79 Å². The SMILES string of the molecule is Cc1nccc(N2CCN(C(=O)c3cc[nH]c3)CC2)n1. The minimum atomic E-state index is 0.0877. The number of carbonyl (C=O) groups excluding carboxylic acids is 1. The van der Waals surface area contributed by atoms with E-state index in [4.69, 9.17) is 0 Å². The number of piperazine rings is 1. The molecule has 6 nitrogen and oxygen atoms in total. The molecule has 2 aromatic rings. The van der Waals surface area contributed by atoms with Gasteiger partial charge in [0.15, 0.2) is 0 Å². The van der Waals surface area contributed by atoms with Gasteiger partial charge >= 0.3 is 0 Å². The van der Waals surface area contributed by atoms with Crippen LogP contribution in [0.4, 0.5) is 5.82 Å². The zero-order valence-corrected chi connectivity index (χ0v) is 11.4. The number of carbonyl (C=O) groups is 1. The van der Waals surface area contributed by atoms with Crippen LogP contribution < -0.4 is 4.90 Å².